The van der Waals surface area contributed by atoms with Crippen molar-refractivity contribution in [3.63, 3.8) is 0 Å². The van der Waals surface area contributed by atoms with E-state index in [1.165, 1.54) is 6.92 Å². The van der Waals surface area contributed by atoms with Gasteiger partial charge in [-0.1, -0.05) is 18.2 Å². The molecule has 4 rings (SSSR count). The Hall–Kier alpha value is -4.25. The highest BCUT2D eigenvalue weighted by molar-refractivity contribution is 6.01. The molecule has 1 aliphatic heterocycles. The number of hydrogen-bond donors (Lipinski definition) is 1. The molecule has 2 aromatic carbocycles. The van der Waals surface area contributed by atoms with E-state index in [-0.39, 0.29) is 36.4 Å². The summed E-state index contributed by atoms with van der Waals surface area (Å²) in [6.07, 6.45) is -0.00844. The van der Waals surface area contributed by atoms with Crippen LogP contribution in [0.15, 0.2) is 47.3 Å². The van der Waals surface area contributed by atoms with Gasteiger partial charge >= 0.3 is 0 Å². The number of nitrogens with zero attached hydrogens (tertiary/aromatic N) is 2. The number of nitriles is 1. The first-order valence-electron chi connectivity index (χ1n) is 9.84. The van der Waals surface area contributed by atoms with Gasteiger partial charge in [0.1, 0.15) is 17.4 Å². The normalized spacial score (nSPS) is 11.8. The molecule has 1 aromatic heterocycles. The Bertz CT molecular complexity index is 1300. The molecule has 1 aliphatic rings. The predicted octanol–water partition coefficient (Wildman–Crippen LogP) is 2.95. The monoisotopic (exact) mass is 432 g/mol. The Labute approximate surface area is 183 Å². The highest BCUT2D eigenvalue weighted by atomic mass is 16.7. The molecule has 8 heteroatoms. The van der Waals surface area contributed by atoms with Crippen molar-refractivity contribution in [2.75, 3.05) is 13.9 Å². The molecule has 0 spiro atoms. The summed E-state index contributed by atoms with van der Waals surface area (Å²) < 4.78 is 16.8. The van der Waals surface area contributed by atoms with Gasteiger partial charge in [0.2, 0.25) is 12.7 Å². The lowest BCUT2D eigenvalue weighted by molar-refractivity contribution is 0.0988. The molecule has 0 atom stereocenters. The number of fused-ring (bicyclic) bond motifs is 1. The minimum atomic E-state index is -0.666. The molecule has 0 saturated carbocycles. The van der Waals surface area contributed by atoms with Gasteiger partial charge < -0.3 is 19.3 Å². The van der Waals surface area contributed by atoms with E-state index in [0.29, 0.717) is 28.4 Å². The molecule has 0 aliphatic carbocycles. The third-order valence-corrected chi connectivity index (χ3v) is 5.38. The minimum absolute atomic E-state index is 0.00844. The molecule has 0 amide bonds. The van der Waals surface area contributed by atoms with Crippen LogP contribution < -0.4 is 19.8 Å². The first-order chi connectivity index (χ1) is 15.4. The van der Waals surface area contributed by atoms with E-state index < -0.39 is 17.2 Å². The number of aromatic nitrogens is 1. The van der Waals surface area contributed by atoms with Crippen molar-refractivity contribution in [3.8, 4) is 29.2 Å². The Morgan fingerprint density at radius 2 is 1.84 bits per heavy atom. The second kappa shape index (κ2) is 8.47. The van der Waals surface area contributed by atoms with Crippen LogP contribution in [-0.2, 0) is 13.0 Å². The SMILES string of the molecule is COc1ccc(CC(=O)c2c(C)c(C#N)c(=O)n(Cc3ccc4c(c3)OCO4)c2O)cc1. The first-order valence-corrected chi connectivity index (χ1v) is 9.84. The van der Waals surface area contributed by atoms with E-state index in [9.17, 15) is 20.0 Å². The van der Waals surface area contributed by atoms with Crippen LogP contribution in [0.3, 0.4) is 0 Å². The topological polar surface area (TPSA) is 111 Å². The smallest absolute Gasteiger partial charge is 0.271 e. The zero-order valence-corrected chi connectivity index (χ0v) is 17.5. The maximum Gasteiger partial charge on any atom is 0.271 e. The van der Waals surface area contributed by atoms with Crippen molar-refractivity contribution in [2.45, 2.75) is 19.9 Å². The van der Waals surface area contributed by atoms with Gasteiger partial charge in [-0.15, -0.1) is 0 Å². The standard InChI is InChI=1S/C24H20N2O6/c1-14-18(11-25)23(28)26(12-16-5-8-20-21(10-16)32-13-31-20)24(29)22(14)19(27)9-15-3-6-17(30-2)7-4-15/h3-8,10,29H,9,12-13H2,1-2H3. The van der Waals surface area contributed by atoms with Gasteiger partial charge in [0.25, 0.3) is 5.56 Å². The molecule has 0 unspecified atom stereocenters. The lowest BCUT2D eigenvalue weighted by Crippen LogP contribution is -2.27. The van der Waals surface area contributed by atoms with Gasteiger partial charge in [0, 0.05) is 6.42 Å². The van der Waals surface area contributed by atoms with Crippen molar-refractivity contribution >= 4 is 5.78 Å². The molecular formula is C24H20N2O6. The number of carbonyl (C=O) groups is 1. The first kappa shape index (κ1) is 21.0. The molecule has 2 heterocycles. The van der Waals surface area contributed by atoms with E-state index >= 15 is 0 Å². The Balaban J connectivity index is 1.73. The minimum Gasteiger partial charge on any atom is -0.497 e. The molecule has 1 N–H and O–H groups in total. The molecule has 0 fully saturated rings. The van der Waals surface area contributed by atoms with Crippen LogP contribution >= 0.6 is 0 Å². The average Bonchev–Trinajstić information content (AvgIpc) is 3.25. The van der Waals surface area contributed by atoms with E-state index in [4.69, 9.17) is 14.2 Å². The fraction of sp³-hybridized carbons (Fsp3) is 0.208. The third-order valence-electron chi connectivity index (χ3n) is 5.38. The number of ketones is 1. The lowest BCUT2D eigenvalue weighted by Gasteiger charge is -2.16. The quantitative estimate of drug-likeness (QED) is 0.596. The third kappa shape index (κ3) is 3.76. The number of hydrogen-bond acceptors (Lipinski definition) is 7. The summed E-state index contributed by atoms with van der Waals surface area (Å²) >= 11 is 0. The largest absolute Gasteiger partial charge is 0.497 e. The molecular weight excluding hydrogens is 412 g/mol. The van der Waals surface area contributed by atoms with Crippen LogP contribution in [0, 0.1) is 18.3 Å². The second-order valence-electron chi connectivity index (χ2n) is 7.34. The van der Waals surface area contributed by atoms with Gasteiger partial charge in [-0.05, 0) is 47.9 Å². The van der Waals surface area contributed by atoms with Gasteiger partial charge in [-0.3, -0.25) is 14.2 Å². The van der Waals surface area contributed by atoms with Crippen LogP contribution in [0.4, 0.5) is 0 Å². The summed E-state index contributed by atoms with van der Waals surface area (Å²) in [5.41, 5.74) is 0.630. The number of pyridine rings is 1. The zero-order valence-electron chi connectivity index (χ0n) is 17.5. The van der Waals surface area contributed by atoms with Crippen molar-refractivity contribution in [1.82, 2.24) is 4.57 Å². The van der Waals surface area contributed by atoms with Crippen LogP contribution in [0.5, 0.6) is 23.1 Å². The predicted molar refractivity (Wildman–Crippen MR) is 115 cm³/mol. The molecule has 32 heavy (non-hydrogen) atoms. The fourth-order valence-electron chi connectivity index (χ4n) is 3.67. The Morgan fingerprint density at radius 3 is 2.53 bits per heavy atom. The second-order valence-corrected chi connectivity index (χ2v) is 7.34. The van der Waals surface area contributed by atoms with Gasteiger partial charge in [0.15, 0.2) is 17.3 Å². The molecule has 162 valence electrons. The van der Waals surface area contributed by atoms with Gasteiger partial charge in [0.05, 0.1) is 19.2 Å². The summed E-state index contributed by atoms with van der Waals surface area (Å²) in [5, 5.41) is 20.5. The summed E-state index contributed by atoms with van der Waals surface area (Å²) in [4.78, 5) is 26.0. The number of methoxy groups -OCH3 is 1. The molecule has 0 radical (unpaired) electrons. The van der Waals surface area contributed by atoms with E-state index in [1.54, 1.807) is 49.6 Å². The highest BCUT2D eigenvalue weighted by Gasteiger charge is 2.24. The van der Waals surface area contributed by atoms with E-state index in [0.717, 1.165) is 4.57 Å². The van der Waals surface area contributed by atoms with E-state index in [1.807, 2.05) is 6.07 Å². The van der Waals surface area contributed by atoms with Crippen LogP contribution in [-0.4, -0.2) is 29.4 Å². The van der Waals surface area contributed by atoms with Crippen molar-refractivity contribution in [2.24, 2.45) is 0 Å². The summed E-state index contributed by atoms with van der Waals surface area (Å²) in [7, 11) is 1.55. The fourth-order valence-corrected chi connectivity index (χ4v) is 3.67. The van der Waals surface area contributed by atoms with Crippen molar-refractivity contribution < 1.29 is 24.1 Å². The number of benzene rings is 2. The number of Topliss-reactive ketones (excluding diaryl/α,β-unsaturated/α-hetero) is 1. The lowest BCUT2D eigenvalue weighted by atomic mass is 9.97. The maximum absolute atomic E-state index is 13.1. The van der Waals surface area contributed by atoms with Crippen LogP contribution in [0.2, 0.25) is 0 Å². The van der Waals surface area contributed by atoms with Crippen LogP contribution in [0.1, 0.15) is 32.6 Å². The summed E-state index contributed by atoms with van der Waals surface area (Å²) in [6, 6.07) is 14.0. The molecule has 3 aromatic rings. The number of rotatable bonds is 6. The highest BCUT2D eigenvalue weighted by Crippen LogP contribution is 2.33. The summed E-state index contributed by atoms with van der Waals surface area (Å²) in [6.45, 7) is 1.56. The molecule has 8 nitrogen and oxygen atoms in total. The number of aromatic hydroxyl groups is 1. The van der Waals surface area contributed by atoms with E-state index in [2.05, 4.69) is 0 Å². The molecule has 0 saturated heterocycles. The molecule has 0 bridgehead atoms. The number of carbonyl (C=O) groups excluding carboxylic acids is 1. The van der Waals surface area contributed by atoms with Gasteiger partial charge in [-0.25, -0.2) is 0 Å². The zero-order chi connectivity index (χ0) is 22.8. The number of ether oxygens (including phenoxy) is 3. The maximum atomic E-state index is 13.1. The van der Waals surface area contributed by atoms with Crippen LogP contribution in [0.25, 0.3) is 0 Å². The van der Waals surface area contributed by atoms with Crippen molar-refractivity contribution in [3.05, 3.63) is 80.6 Å². The average molecular weight is 432 g/mol. The Morgan fingerprint density at radius 1 is 1.16 bits per heavy atom. The van der Waals surface area contributed by atoms with Crippen molar-refractivity contribution in [1.29, 1.82) is 5.26 Å². The summed E-state index contributed by atoms with van der Waals surface area (Å²) in [5.74, 6) is 0.897. The van der Waals surface area contributed by atoms with Gasteiger partial charge in [-0.2, -0.15) is 5.26 Å². The Kier molecular flexibility index (Phi) is 5.56.